The summed E-state index contributed by atoms with van der Waals surface area (Å²) in [4.78, 5) is 3.51. The highest BCUT2D eigenvalue weighted by Gasteiger charge is 2.36. The molecule has 1 aromatic rings. The number of hydrogen-bond acceptors (Lipinski definition) is 5. The molecule has 0 radical (unpaired) electrons. The highest BCUT2D eigenvalue weighted by molar-refractivity contribution is 7.99. The molecule has 0 aromatic carbocycles. The molecule has 8 heteroatoms. The average molecular weight is 297 g/mol. The Morgan fingerprint density at radius 1 is 1.33 bits per heavy atom. The van der Waals surface area contributed by atoms with Gasteiger partial charge in [-0.25, -0.2) is 0 Å². The second-order valence-electron chi connectivity index (χ2n) is 4.23. The first-order chi connectivity index (χ1) is 8.50. The van der Waals surface area contributed by atoms with Gasteiger partial charge >= 0.3 is 6.18 Å². The summed E-state index contributed by atoms with van der Waals surface area (Å²) in [5, 5.41) is 3.81. The lowest BCUT2D eigenvalue weighted by Crippen LogP contribution is -2.34. The predicted molar refractivity (Wildman–Crippen MR) is 68.1 cm³/mol. The maximum atomic E-state index is 12.4. The van der Waals surface area contributed by atoms with Crippen LogP contribution in [0.25, 0.3) is 0 Å². The lowest BCUT2D eigenvalue weighted by atomic mass is 9.95. The van der Waals surface area contributed by atoms with E-state index in [9.17, 15) is 13.2 Å². The molecule has 0 spiro atoms. The van der Waals surface area contributed by atoms with Gasteiger partial charge in [-0.05, 0) is 19.1 Å². The van der Waals surface area contributed by atoms with Gasteiger partial charge in [0.15, 0.2) is 0 Å². The number of rotatable bonds is 3. The fourth-order valence-electron chi connectivity index (χ4n) is 2.10. The zero-order chi connectivity index (χ0) is 13.2. The molecule has 102 valence electrons. The van der Waals surface area contributed by atoms with Gasteiger partial charge in [0, 0.05) is 22.8 Å². The van der Waals surface area contributed by atoms with Crippen LogP contribution in [-0.4, -0.2) is 26.9 Å². The van der Waals surface area contributed by atoms with E-state index in [2.05, 4.69) is 14.7 Å². The Balaban J connectivity index is 2.02. The van der Waals surface area contributed by atoms with Crippen molar-refractivity contribution in [2.24, 2.45) is 0 Å². The Kier molecular flexibility index (Phi) is 4.37. The number of thioether (sulfide) groups is 1. The normalized spacial score (nSPS) is 25.1. The van der Waals surface area contributed by atoms with Crippen molar-refractivity contribution in [3.8, 4) is 0 Å². The molecule has 0 amide bonds. The van der Waals surface area contributed by atoms with Crippen molar-refractivity contribution < 1.29 is 13.2 Å². The minimum atomic E-state index is -4.46. The van der Waals surface area contributed by atoms with E-state index >= 15 is 0 Å². The van der Waals surface area contributed by atoms with Crippen molar-refractivity contribution in [2.75, 3.05) is 11.6 Å². The summed E-state index contributed by atoms with van der Waals surface area (Å²) >= 11 is 2.54. The van der Waals surface area contributed by atoms with Gasteiger partial charge in [-0.2, -0.15) is 34.3 Å². The standard InChI is InChI=1S/C10H14F3N3S2/c1-17-7-5-3-2-4-6(7)14-9-15-8(16-18-9)10(11,12)13/h6-7H,2-5H2,1H3,(H,14,15,16). The maximum absolute atomic E-state index is 12.4. The number of alkyl halides is 3. The molecule has 2 rings (SSSR count). The molecule has 1 heterocycles. The zero-order valence-electron chi connectivity index (χ0n) is 9.83. The molecule has 1 aromatic heterocycles. The second-order valence-corrected chi connectivity index (χ2v) is 6.06. The largest absolute Gasteiger partial charge is 0.452 e. The third kappa shape index (κ3) is 3.28. The molecule has 0 bridgehead atoms. The molecule has 1 aliphatic carbocycles. The van der Waals surface area contributed by atoms with Gasteiger partial charge in [-0.3, -0.25) is 0 Å². The van der Waals surface area contributed by atoms with Crippen LogP contribution in [0.2, 0.25) is 0 Å². The Hall–Kier alpha value is -0.500. The molecule has 2 atom stereocenters. The molecule has 1 N–H and O–H groups in total. The van der Waals surface area contributed by atoms with Gasteiger partial charge in [0.1, 0.15) is 0 Å². The van der Waals surface area contributed by atoms with Crippen LogP contribution < -0.4 is 5.32 Å². The lowest BCUT2D eigenvalue weighted by molar-refractivity contribution is -0.144. The molecule has 3 nitrogen and oxygen atoms in total. The molecule has 0 aliphatic heterocycles. The summed E-state index contributed by atoms with van der Waals surface area (Å²) in [5.74, 6) is -1.05. The summed E-state index contributed by atoms with van der Waals surface area (Å²) in [6, 6.07) is 0.197. The van der Waals surface area contributed by atoms with Gasteiger partial charge in [0.2, 0.25) is 11.0 Å². The molecular weight excluding hydrogens is 283 g/mol. The number of aromatic nitrogens is 2. The van der Waals surface area contributed by atoms with Crippen molar-refractivity contribution in [1.82, 2.24) is 9.36 Å². The predicted octanol–water partition coefficient (Wildman–Crippen LogP) is 3.64. The van der Waals surface area contributed by atoms with Crippen molar-refractivity contribution in [2.45, 2.75) is 43.2 Å². The van der Waals surface area contributed by atoms with Gasteiger partial charge < -0.3 is 5.32 Å². The van der Waals surface area contributed by atoms with Crippen LogP contribution in [0.15, 0.2) is 0 Å². The van der Waals surface area contributed by atoms with Gasteiger partial charge in [-0.15, -0.1) is 0 Å². The smallest absolute Gasteiger partial charge is 0.356 e. The number of hydrogen-bond donors (Lipinski definition) is 1. The van der Waals surface area contributed by atoms with E-state index in [1.54, 1.807) is 11.8 Å². The maximum Gasteiger partial charge on any atom is 0.452 e. The van der Waals surface area contributed by atoms with Crippen LogP contribution in [0.4, 0.5) is 18.3 Å². The van der Waals surface area contributed by atoms with E-state index < -0.39 is 12.0 Å². The molecule has 1 saturated carbocycles. The molecule has 1 aliphatic rings. The molecule has 1 fully saturated rings. The van der Waals surface area contributed by atoms with Crippen molar-refractivity contribution >= 4 is 28.4 Å². The highest BCUT2D eigenvalue weighted by atomic mass is 32.2. The average Bonchev–Trinajstić information content (AvgIpc) is 2.78. The Morgan fingerprint density at radius 3 is 2.67 bits per heavy atom. The van der Waals surface area contributed by atoms with Crippen LogP contribution in [-0.2, 0) is 6.18 Å². The molecule has 18 heavy (non-hydrogen) atoms. The van der Waals surface area contributed by atoms with Crippen LogP contribution in [0, 0.1) is 0 Å². The van der Waals surface area contributed by atoms with E-state index in [4.69, 9.17) is 0 Å². The van der Waals surface area contributed by atoms with Crippen LogP contribution in [0.3, 0.4) is 0 Å². The minimum absolute atomic E-state index is 0.197. The zero-order valence-corrected chi connectivity index (χ0v) is 11.5. The number of anilines is 1. The van der Waals surface area contributed by atoms with Crippen LogP contribution in [0.5, 0.6) is 0 Å². The van der Waals surface area contributed by atoms with Crippen LogP contribution >= 0.6 is 23.3 Å². The van der Waals surface area contributed by atoms with Gasteiger partial charge in [0.05, 0.1) is 0 Å². The molecule has 0 saturated heterocycles. The first-order valence-electron chi connectivity index (χ1n) is 5.71. The Bertz CT molecular complexity index is 394. The third-order valence-electron chi connectivity index (χ3n) is 2.99. The number of nitrogens with zero attached hydrogens (tertiary/aromatic N) is 2. The third-order valence-corrected chi connectivity index (χ3v) is 4.81. The molecular formula is C10H14F3N3S2. The quantitative estimate of drug-likeness (QED) is 0.924. The lowest BCUT2D eigenvalue weighted by Gasteiger charge is -2.30. The summed E-state index contributed by atoms with van der Waals surface area (Å²) in [5.41, 5.74) is 0. The highest BCUT2D eigenvalue weighted by Crippen LogP contribution is 2.32. The summed E-state index contributed by atoms with van der Waals surface area (Å²) in [6.45, 7) is 0. The Labute approximate surface area is 112 Å². The monoisotopic (exact) mass is 297 g/mol. The van der Waals surface area contributed by atoms with Crippen LogP contribution in [0.1, 0.15) is 31.5 Å². The minimum Gasteiger partial charge on any atom is -0.356 e. The first-order valence-corrected chi connectivity index (χ1v) is 7.77. The topological polar surface area (TPSA) is 37.8 Å². The SMILES string of the molecule is CSC1CCCCC1Nc1nc(C(F)(F)F)ns1. The Morgan fingerprint density at radius 2 is 2.06 bits per heavy atom. The van der Waals surface area contributed by atoms with E-state index in [1.165, 1.54) is 6.42 Å². The fourth-order valence-corrected chi connectivity index (χ4v) is 3.68. The fraction of sp³-hybridized carbons (Fsp3) is 0.800. The summed E-state index contributed by atoms with van der Waals surface area (Å²) in [6.07, 6.45) is 1.96. The summed E-state index contributed by atoms with van der Waals surface area (Å²) < 4.78 is 40.5. The van der Waals surface area contributed by atoms with Gasteiger partial charge in [0.25, 0.3) is 0 Å². The number of halogens is 3. The van der Waals surface area contributed by atoms with Crippen molar-refractivity contribution in [3.05, 3.63) is 5.82 Å². The van der Waals surface area contributed by atoms with E-state index in [-0.39, 0.29) is 11.2 Å². The second kappa shape index (κ2) is 5.64. The first kappa shape index (κ1) is 13.9. The van der Waals surface area contributed by atoms with Crippen molar-refractivity contribution in [1.29, 1.82) is 0 Å². The van der Waals surface area contributed by atoms with E-state index in [0.29, 0.717) is 5.25 Å². The van der Waals surface area contributed by atoms with E-state index in [1.807, 2.05) is 6.26 Å². The number of nitrogens with one attached hydrogen (secondary N) is 1. The van der Waals surface area contributed by atoms with E-state index in [0.717, 1.165) is 30.8 Å². The molecule has 2 unspecified atom stereocenters. The summed E-state index contributed by atoms with van der Waals surface area (Å²) in [7, 11) is 0. The van der Waals surface area contributed by atoms with Gasteiger partial charge in [-0.1, -0.05) is 12.8 Å². The van der Waals surface area contributed by atoms with Crippen molar-refractivity contribution in [3.63, 3.8) is 0 Å².